The summed E-state index contributed by atoms with van der Waals surface area (Å²) in [5, 5.41) is 0. The molecule has 0 N–H and O–H groups in total. The van der Waals surface area contributed by atoms with Gasteiger partial charge < -0.3 is 18.8 Å². The number of amides is 1. The van der Waals surface area contributed by atoms with Crippen LogP contribution >= 0.6 is 0 Å². The monoisotopic (exact) mass is 486 g/mol. The molecular weight excluding hydrogens is 453 g/mol. The lowest BCUT2D eigenvalue weighted by atomic mass is 10.1. The molecule has 0 aromatic heterocycles. The number of carbonyl (C=O) groups excluding carboxylic acids is 1. The fourth-order valence-electron chi connectivity index (χ4n) is 3.12. The van der Waals surface area contributed by atoms with Gasteiger partial charge in [0.15, 0.2) is 5.88 Å². The number of nitrogens with zero attached hydrogens (tertiary/aromatic N) is 2. The first kappa shape index (κ1) is 26.8. The number of aliphatic imine (C=N–C) groups is 1. The molecule has 0 radical (unpaired) electrons. The molecule has 10 heteroatoms. The van der Waals surface area contributed by atoms with E-state index in [1.165, 1.54) is 12.3 Å². The first-order chi connectivity index (χ1) is 15.0. The Morgan fingerprint density at radius 2 is 1.79 bits per heavy atom. The molecule has 1 aliphatic heterocycles. The summed E-state index contributed by atoms with van der Waals surface area (Å²) in [6, 6.07) is 3.28. The second-order valence-electron chi connectivity index (χ2n) is 9.90. The molecule has 1 heterocycles. The molecule has 33 heavy (non-hydrogen) atoms. The smallest absolute Gasteiger partial charge is 0.416 e. The summed E-state index contributed by atoms with van der Waals surface area (Å²) < 4.78 is 56.8. The van der Waals surface area contributed by atoms with Gasteiger partial charge in [0, 0.05) is 37.7 Å². The van der Waals surface area contributed by atoms with E-state index in [4.69, 9.17) is 13.9 Å². The van der Waals surface area contributed by atoms with Crippen LogP contribution in [0.4, 0.5) is 18.0 Å². The van der Waals surface area contributed by atoms with E-state index < -0.39 is 25.7 Å². The summed E-state index contributed by atoms with van der Waals surface area (Å²) >= 11 is 0. The minimum atomic E-state index is -4.49. The molecule has 1 aliphatic rings. The van der Waals surface area contributed by atoms with Crippen molar-refractivity contribution in [2.75, 3.05) is 13.1 Å². The molecular formula is C23H33F3N2O4Si. The van der Waals surface area contributed by atoms with Gasteiger partial charge >= 0.3 is 12.3 Å². The molecule has 1 fully saturated rings. The lowest BCUT2D eigenvalue weighted by Crippen LogP contribution is -2.44. The van der Waals surface area contributed by atoms with Crippen LogP contribution in [-0.4, -0.2) is 50.3 Å². The first-order valence-corrected chi connectivity index (χ1v) is 14.2. The standard InChI is InChI=1S/C23H33F3N2O4Si/c1-16(32-33(5,6)7)27-15-17-14-18(23(24,25)26)8-9-20(17)30-19-10-12-28(13-11-19)21(29)31-22(2,3)4/h8-9,14-15,19H,1,10-13H2,2-7H3/b27-15+. The number of likely N-dealkylation sites (tertiary alicyclic amines) is 1. The normalized spacial score (nSPS) is 16.1. The van der Waals surface area contributed by atoms with Gasteiger partial charge in [-0.05, 0) is 65.2 Å². The number of hydrogen-bond acceptors (Lipinski definition) is 5. The van der Waals surface area contributed by atoms with Crippen molar-refractivity contribution in [3.8, 4) is 5.75 Å². The Kier molecular flexibility index (Phi) is 8.26. The van der Waals surface area contributed by atoms with Crippen molar-refractivity contribution < 1.29 is 31.9 Å². The van der Waals surface area contributed by atoms with Gasteiger partial charge in [0.05, 0.1) is 5.56 Å². The minimum Gasteiger partial charge on any atom is -0.532 e. The molecule has 1 amide bonds. The molecule has 2 rings (SSSR count). The number of benzene rings is 1. The van der Waals surface area contributed by atoms with Crippen LogP contribution in [0.15, 0.2) is 35.7 Å². The van der Waals surface area contributed by atoms with Gasteiger partial charge in [-0.15, -0.1) is 0 Å². The van der Waals surface area contributed by atoms with E-state index in [2.05, 4.69) is 11.6 Å². The van der Waals surface area contributed by atoms with Crippen LogP contribution in [0.1, 0.15) is 44.7 Å². The summed E-state index contributed by atoms with van der Waals surface area (Å²) in [5.41, 5.74) is -1.20. The van der Waals surface area contributed by atoms with Crippen LogP contribution in [0.25, 0.3) is 0 Å². The highest BCUT2D eigenvalue weighted by molar-refractivity contribution is 6.70. The number of piperidine rings is 1. The highest BCUT2D eigenvalue weighted by atomic mass is 28.4. The van der Waals surface area contributed by atoms with E-state index in [0.717, 1.165) is 12.1 Å². The fourth-order valence-corrected chi connectivity index (χ4v) is 3.88. The first-order valence-electron chi connectivity index (χ1n) is 10.8. The van der Waals surface area contributed by atoms with Crippen molar-refractivity contribution >= 4 is 20.6 Å². The van der Waals surface area contributed by atoms with Crippen LogP contribution in [0.2, 0.25) is 19.6 Å². The molecule has 0 atom stereocenters. The lowest BCUT2D eigenvalue weighted by Gasteiger charge is -2.33. The van der Waals surface area contributed by atoms with E-state index in [9.17, 15) is 18.0 Å². The van der Waals surface area contributed by atoms with Crippen molar-refractivity contribution in [3.05, 3.63) is 41.8 Å². The fraction of sp³-hybridized carbons (Fsp3) is 0.565. The quantitative estimate of drug-likeness (QED) is 0.272. The predicted molar refractivity (Wildman–Crippen MR) is 124 cm³/mol. The minimum absolute atomic E-state index is 0.142. The summed E-state index contributed by atoms with van der Waals surface area (Å²) in [4.78, 5) is 17.9. The van der Waals surface area contributed by atoms with Crippen LogP contribution in [-0.2, 0) is 15.3 Å². The Labute approximate surface area is 194 Å². The van der Waals surface area contributed by atoms with Gasteiger partial charge in [0.1, 0.15) is 17.5 Å². The lowest BCUT2D eigenvalue weighted by molar-refractivity contribution is -0.137. The SMILES string of the molecule is C=C(/N=C/c1cc(C(F)(F)F)ccc1OC1CCN(C(=O)OC(C)(C)C)CC1)O[Si](C)(C)C. The summed E-state index contributed by atoms with van der Waals surface area (Å²) in [6.45, 7) is 15.9. The van der Waals surface area contributed by atoms with Gasteiger partial charge in [-0.2, -0.15) is 13.2 Å². The zero-order valence-electron chi connectivity index (χ0n) is 20.1. The molecule has 0 bridgehead atoms. The highest BCUT2D eigenvalue weighted by Gasteiger charge is 2.32. The largest absolute Gasteiger partial charge is 0.532 e. The van der Waals surface area contributed by atoms with Crippen molar-refractivity contribution in [1.82, 2.24) is 4.90 Å². The number of carbonyl (C=O) groups is 1. The van der Waals surface area contributed by atoms with E-state index >= 15 is 0 Å². The van der Waals surface area contributed by atoms with Crippen molar-refractivity contribution in [1.29, 1.82) is 0 Å². The zero-order chi connectivity index (χ0) is 25.0. The molecule has 1 saturated heterocycles. The van der Waals surface area contributed by atoms with Crippen LogP contribution < -0.4 is 4.74 Å². The number of halogens is 3. The van der Waals surface area contributed by atoms with E-state index in [-0.39, 0.29) is 29.4 Å². The van der Waals surface area contributed by atoms with Gasteiger partial charge in [-0.3, -0.25) is 0 Å². The third-order valence-corrected chi connectivity index (χ3v) is 5.34. The number of hydrogen-bond donors (Lipinski definition) is 0. The Morgan fingerprint density at radius 3 is 2.30 bits per heavy atom. The Hall–Kier alpha value is -2.49. The van der Waals surface area contributed by atoms with E-state index in [1.807, 2.05) is 19.6 Å². The Bertz CT molecular complexity index is 881. The van der Waals surface area contributed by atoms with Gasteiger partial charge in [0.2, 0.25) is 8.32 Å². The van der Waals surface area contributed by atoms with E-state index in [1.54, 1.807) is 25.7 Å². The maximum absolute atomic E-state index is 13.2. The topological polar surface area (TPSA) is 60.4 Å². The number of alkyl halides is 3. The summed E-state index contributed by atoms with van der Waals surface area (Å²) in [7, 11) is -1.95. The van der Waals surface area contributed by atoms with E-state index in [0.29, 0.717) is 25.9 Å². The zero-order valence-corrected chi connectivity index (χ0v) is 21.1. The van der Waals surface area contributed by atoms with Crippen LogP contribution in [0.5, 0.6) is 5.75 Å². The maximum Gasteiger partial charge on any atom is 0.416 e. The van der Waals surface area contributed by atoms with Crippen LogP contribution in [0, 0.1) is 0 Å². The van der Waals surface area contributed by atoms with Crippen molar-refractivity contribution in [2.24, 2.45) is 4.99 Å². The molecule has 184 valence electrons. The molecule has 0 unspecified atom stereocenters. The highest BCUT2D eigenvalue weighted by Crippen LogP contribution is 2.33. The Balaban J connectivity index is 2.13. The maximum atomic E-state index is 13.2. The van der Waals surface area contributed by atoms with Gasteiger partial charge in [0.25, 0.3) is 0 Å². The molecule has 1 aromatic rings. The number of rotatable bonds is 6. The van der Waals surface area contributed by atoms with Crippen molar-refractivity contribution in [2.45, 2.75) is 71.1 Å². The second-order valence-corrected chi connectivity index (χ2v) is 14.3. The second kappa shape index (κ2) is 10.2. The molecule has 0 saturated carbocycles. The number of ether oxygens (including phenoxy) is 2. The van der Waals surface area contributed by atoms with Crippen molar-refractivity contribution in [3.63, 3.8) is 0 Å². The third kappa shape index (κ3) is 9.11. The average molecular weight is 487 g/mol. The Morgan fingerprint density at radius 1 is 1.18 bits per heavy atom. The van der Waals surface area contributed by atoms with Gasteiger partial charge in [-0.25, -0.2) is 9.79 Å². The average Bonchev–Trinajstić information content (AvgIpc) is 2.64. The van der Waals surface area contributed by atoms with Gasteiger partial charge in [-0.1, -0.05) is 0 Å². The third-order valence-electron chi connectivity index (χ3n) is 4.50. The van der Waals surface area contributed by atoms with Crippen LogP contribution in [0.3, 0.4) is 0 Å². The molecule has 0 aliphatic carbocycles. The molecule has 6 nitrogen and oxygen atoms in total. The molecule has 0 spiro atoms. The predicted octanol–water partition coefficient (Wildman–Crippen LogP) is 6.23. The summed E-state index contributed by atoms with van der Waals surface area (Å²) in [6.07, 6.45) is -2.79. The molecule has 1 aromatic carbocycles. The summed E-state index contributed by atoms with van der Waals surface area (Å²) in [5.74, 6) is 0.423.